The highest BCUT2D eigenvalue weighted by Crippen LogP contribution is 2.43. The number of benzene rings is 2. The van der Waals surface area contributed by atoms with Crippen LogP contribution in [0.15, 0.2) is 60.7 Å². The first-order chi connectivity index (χ1) is 9.67. The van der Waals surface area contributed by atoms with E-state index >= 15 is 0 Å². The Morgan fingerprint density at radius 2 is 1.85 bits per heavy atom. The second kappa shape index (κ2) is 3.92. The fourth-order valence-corrected chi connectivity index (χ4v) is 3.50. The second-order valence-electron chi connectivity index (χ2n) is 6.08. The highest BCUT2D eigenvalue weighted by molar-refractivity contribution is 5.98. The van der Waals surface area contributed by atoms with Gasteiger partial charge in [0.15, 0.2) is 5.78 Å². The third-order valence-electron chi connectivity index (χ3n) is 4.62. The number of Topliss-reactive ketones (excluding diaryl/α,β-unsaturated/α-hetero) is 1. The molecule has 0 saturated carbocycles. The van der Waals surface area contributed by atoms with Crippen molar-refractivity contribution in [2.45, 2.75) is 19.3 Å². The number of hydrogen-bond donors (Lipinski definition) is 0. The highest BCUT2D eigenvalue weighted by atomic mass is 16.1. The minimum atomic E-state index is -0.358. The van der Waals surface area contributed by atoms with E-state index in [1.807, 2.05) is 24.3 Å². The molecule has 2 atom stereocenters. The van der Waals surface area contributed by atoms with Crippen molar-refractivity contribution in [1.29, 1.82) is 0 Å². The first-order valence-electron chi connectivity index (χ1n) is 7.09. The summed E-state index contributed by atoms with van der Waals surface area (Å²) in [5.41, 5.74) is 2.14. The Balaban J connectivity index is 2.02. The lowest BCUT2D eigenvalue weighted by molar-refractivity contribution is -0.126. The van der Waals surface area contributed by atoms with E-state index in [1.54, 1.807) is 0 Å². The molecule has 0 radical (unpaired) electrons. The van der Waals surface area contributed by atoms with Gasteiger partial charge < -0.3 is 0 Å². The van der Waals surface area contributed by atoms with E-state index in [2.05, 4.69) is 43.3 Å². The second-order valence-corrected chi connectivity index (χ2v) is 6.08. The molecule has 2 aromatic carbocycles. The van der Waals surface area contributed by atoms with Gasteiger partial charge in [0.1, 0.15) is 0 Å². The summed E-state index contributed by atoms with van der Waals surface area (Å²) in [6.07, 6.45) is 8.93. The van der Waals surface area contributed by atoms with Crippen molar-refractivity contribution >= 4 is 16.6 Å². The van der Waals surface area contributed by atoms with E-state index in [-0.39, 0.29) is 11.3 Å². The molecule has 20 heavy (non-hydrogen) atoms. The van der Waals surface area contributed by atoms with Gasteiger partial charge in [-0.05, 0) is 41.3 Å². The first kappa shape index (κ1) is 11.7. The SMILES string of the molecule is C[C@@]12C=CC=C[C@@H](C1=O)c1cc3ccccc3cc1C2. The van der Waals surface area contributed by atoms with Crippen molar-refractivity contribution in [2.24, 2.45) is 5.41 Å². The van der Waals surface area contributed by atoms with Gasteiger partial charge >= 0.3 is 0 Å². The largest absolute Gasteiger partial charge is 0.298 e. The molecule has 0 spiro atoms. The molecule has 98 valence electrons. The molecule has 0 unspecified atom stereocenters. The normalized spacial score (nSPS) is 27.4. The lowest BCUT2D eigenvalue weighted by Crippen LogP contribution is -2.36. The van der Waals surface area contributed by atoms with Gasteiger partial charge in [0, 0.05) is 5.41 Å². The standard InChI is InChI=1S/C19H16O/c1-19-9-5-4-8-16(18(19)20)17-11-14-7-3-2-6-13(14)10-15(17)12-19/h2-11,16H,12H2,1H3/t16-,19+/m1/s1. The third kappa shape index (κ3) is 1.53. The Kier molecular flexibility index (Phi) is 2.29. The molecule has 0 aliphatic heterocycles. The topological polar surface area (TPSA) is 17.1 Å². The summed E-state index contributed by atoms with van der Waals surface area (Å²) >= 11 is 0. The number of carbonyl (C=O) groups excluding carboxylic acids is 1. The fraction of sp³-hybridized carbons (Fsp3) is 0.211. The van der Waals surface area contributed by atoms with Gasteiger partial charge in [-0.2, -0.15) is 0 Å². The van der Waals surface area contributed by atoms with E-state index in [0.717, 1.165) is 6.42 Å². The third-order valence-corrected chi connectivity index (χ3v) is 4.62. The molecule has 0 aromatic heterocycles. The van der Waals surface area contributed by atoms with Gasteiger partial charge in [0.25, 0.3) is 0 Å². The first-order valence-corrected chi connectivity index (χ1v) is 7.09. The summed E-state index contributed by atoms with van der Waals surface area (Å²) in [6.45, 7) is 2.06. The van der Waals surface area contributed by atoms with Gasteiger partial charge in [-0.3, -0.25) is 4.79 Å². The minimum absolute atomic E-state index is 0.0941. The van der Waals surface area contributed by atoms with Gasteiger partial charge in [-0.15, -0.1) is 0 Å². The Hall–Kier alpha value is -2.15. The number of fused-ring (bicyclic) bond motifs is 5. The van der Waals surface area contributed by atoms with Crippen LogP contribution < -0.4 is 0 Å². The average molecular weight is 260 g/mol. The Bertz CT molecular complexity index is 781. The van der Waals surface area contributed by atoms with Gasteiger partial charge in [0.05, 0.1) is 5.92 Å². The van der Waals surface area contributed by atoms with Crippen LogP contribution in [0.2, 0.25) is 0 Å². The van der Waals surface area contributed by atoms with E-state index in [4.69, 9.17) is 0 Å². The van der Waals surface area contributed by atoms with Gasteiger partial charge in [0.2, 0.25) is 0 Å². The summed E-state index contributed by atoms with van der Waals surface area (Å²) in [5.74, 6) is 0.230. The molecule has 0 amide bonds. The van der Waals surface area contributed by atoms with Crippen LogP contribution in [0.1, 0.15) is 24.0 Å². The monoisotopic (exact) mass is 260 g/mol. The zero-order valence-corrected chi connectivity index (χ0v) is 11.5. The predicted octanol–water partition coefficient (Wildman–Crippen LogP) is 4.18. The molecule has 0 heterocycles. The van der Waals surface area contributed by atoms with Gasteiger partial charge in [-0.25, -0.2) is 0 Å². The molecule has 1 nitrogen and oxygen atoms in total. The summed E-state index contributed by atoms with van der Waals surface area (Å²) < 4.78 is 0. The van der Waals surface area contributed by atoms with Crippen molar-refractivity contribution in [3.05, 3.63) is 71.8 Å². The summed E-state index contributed by atoms with van der Waals surface area (Å²) in [6, 6.07) is 12.8. The van der Waals surface area contributed by atoms with Crippen molar-refractivity contribution in [1.82, 2.24) is 0 Å². The molecular formula is C19H16O. The molecule has 2 aromatic rings. The zero-order chi connectivity index (χ0) is 13.7. The maximum atomic E-state index is 12.7. The Labute approximate surface area is 118 Å². The number of allylic oxidation sites excluding steroid dienone is 4. The van der Waals surface area contributed by atoms with Crippen molar-refractivity contribution < 1.29 is 4.79 Å². The maximum Gasteiger partial charge on any atom is 0.154 e. The maximum absolute atomic E-state index is 12.7. The summed E-state index contributed by atoms with van der Waals surface area (Å²) in [4.78, 5) is 12.7. The molecule has 2 aliphatic carbocycles. The van der Waals surface area contributed by atoms with Crippen LogP contribution in [-0.4, -0.2) is 5.78 Å². The van der Waals surface area contributed by atoms with E-state index in [9.17, 15) is 4.79 Å². The van der Waals surface area contributed by atoms with E-state index in [1.165, 1.54) is 21.9 Å². The summed E-state index contributed by atoms with van der Waals surface area (Å²) in [5, 5.41) is 2.47. The van der Waals surface area contributed by atoms with Crippen LogP contribution in [0.4, 0.5) is 0 Å². The predicted molar refractivity (Wildman–Crippen MR) is 81.8 cm³/mol. The lowest BCUT2D eigenvalue weighted by atomic mass is 9.67. The zero-order valence-electron chi connectivity index (χ0n) is 11.5. The molecule has 2 aliphatic rings. The Morgan fingerprint density at radius 3 is 2.65 bits per heavy atom. The smallest absolute Gasteiger partial charge is 0.154 e. The quantitative estimate of drug-likeness (QED) is 0.694. The number of carbonyl (C=O) groups is 1. The van der Waals surface area contributed by atoms with Crippen LogP contribution in [0.3, 0.4) is 0 Å². The molecule has 2 bridgehead atoms. The van der Waals surface area contributed by atoms with Crippen LogP contribution in [-0.2, 0) is 11.2 Å². The Morgan fingerprint density at radius 1 is 1.10 bits per heavy atom. The number of rotatable bonds is 0. The van der Waals surface area contributed by atoms with E-state index in [0.29, 0.717) is 5.78 Å². The summed E-state index contributed by atoms with van der Waals surface area (Å²) in [7, 11) is 0. The number of ketones is 1. The minimum Gasteiger partial charge on any atom is -0.298 e. The van der Waals surface area contributed by atoms with Crippen LogP contribution in [0, 0.1) is 5.41 Å². The van der Waals surface area contributed by atoms with Crippen molar-refractivity contribution in [2.75, 3.05) is 0 Å². The highest BCUT2D eigenvalue weighted by Gasteiger charge is 2.41. The molecule has 0 saturated heterocycles. The van der Waals surface area contributed by atoms with Crippen LogP contribution in [0.25, 0.3) is 10.8 Å². The number of hydrogen-bond acceptors (Lipinski definition) is 1. The molecule has 0 N–H and O–H groups in total. The fourth-order valence-electron chi connectivity index (χ4n) is 3.50. The molecule has 1 heteroatoms. The van der Waals surface area contributed by atoms with Crippen molar-refractivity contribution in [3.8, 4) is 0 Å². The average Bonchev–Trinajstić information content (AvgIpc) is 2.54. The molecular weight excluding hydrogens is 244 g/mol. The van der Waals surface area contributed by atoms with Crippen molar-refractivity contribution in [3.63, 3.8) is 0 Å². The van der Waals surface area contributed by atoms with Crippen LogP contribution >= 0.6 is 0 Å². The molecule has 4 rings (SSSR count). The van der Waals surface area contributed by atoms with Crippen LogP contribution in [0.5, 0.6) is 0 Å². The van der Waals surface area contributed by atoms with E-state index < -0.39 is 0 Å². The molecule has 0 fully saturated rings. The van der Waals surface area contributed by atoms with Gasteiger partial charge in [-0.1, -0.05) is 54.6 Å². The lowest BCUT2D eigenvalue weighted by Gasteiger charge is -2.34.